The van der Waals surface area contributed by atoms with Crippen molar-refractivity contribution in [3.05, 3.63) is 26.9 Å². The van der Waals surface area contributed by atoms with E-state index in [1.165, 1.54) is 6.08 Å². The Bertz CT molecular complexity index is 410. The van der Waals surface area contributed by atoms with Crippen molar-refractivity contribution in [1.29, 1.82) is 0 Å². The van der Waals surface area contributed by atoms with Crippen LogP contribution in [-0.2, 0) is 4.79 Å². The highest BCUT2D eigenvalue weighted by molar-refractivity contribution is 9.11. The fourth-order valence-corrected chi connectivity index (χ4v) is 2.48. The lowest BCUT2D eigenvalue weighted by Gasteiger charge is -2.26. The van der Waals surface area contributed by atoms with E-state index in [-0.39, 0.29) is 12.5 Å². The van der Waals surface area contributed by atoms with Crippen LogP contribution in [0.25, 0.3) is 6.08 Å². The quantitative estimate of drug-likeness (QED) is 0.820. The van der Waals surface area contributed by atoms with Crippen LogP contribution < -0.4 is 5.32 Å². The number of carbonyl (C=O) groups excluding carboxylic acids is 1. The molecule has 0 aliphatic heterocycles. The average Bonchev–Trinajstić information content (AvgIpc) is 2.72. The summed E-state index contributed by atoms with van der Waals surface area (Å²) in [5.41, 5.74) is -0.544. The van der Waals surface area contributed by atoms with Crippen LogP contribution in [0.1, 0.15) is 25.1 Å². The topological polar surface area (TPSA) is 49.3 Å². The molecule has 0 aromatic carbocycles. The minimum Gasteiger partial charge on any atom is -0.394 e. The standard InChI is InChI=1S/C12H16BrNO2S/c1-3-12(2,8-15)14-11(16)7-5-9-4-6-10(13)17-9/h4-7,15H,3,8H2,1-2H3,(H,14,16)/b7-5+. The first kappa shape index (κ1) is 14.4. The number of nitrogens with one attached hydrogen (secondary N) is 1. The summed E-state index contributed by atoms with van der Waals surface area (Å²) in [5.74, 6) is -0.187. The van der Waals surface area contributed by atoms with Crippen molar-refractivity contribution < 1.29 is 9.90 Å². The highest BCUT2D eigenvalue weighted by atomic mass is 79.9. The Morgan fingerprint density at radius 2 is 2.35 bits per heavy atom. The number of rotatable bonds is 5. The number of amides is 1. The molecule has 2 N–H and O–H groups in total. The second-order valence-corrected chi connectivity index (χ2v) is 6.53. The molecule has 1 heterocycles. The van der Waals surface area contributed by atoms with Crippen LogP contribution in [0.15, 0.2) is 22.0 Å². The normalized spacial score (nSPS) is 14.8. The first-order valence-electron chi connectivity index (χ1n) is 5.35. The van der Waals surface area contributed by atoms with Gasteiger partial charge in [-0.2, -0.15) is 0 Å². The van der Waals surface area contributed by atoms with E-state index in [1.54, 1.807) is 17.4 Å². The molecule has 0 saturated carbocycles. The molecule has 94 valence electrons. The number of hydrogen-bond donors (Lipinski definition) is 2. The minimum atomic E-state index is -0.544. The van der Waals surface area contributed by atoms with Gasteiger partial charge in [0.15, 0.2) is 0 Å². The molecule has 17 heavy (non-hydrogen) atoms. The lowest BCUT2D eigenvalue weighted by molar-refractivity contribution is -0.118. The molecule has 1 unspecified atom stereocenters. The molecule has 5 heteroatoms. The summed E-state index contributed by atoms with van der Waals surface area (Å²) in [6.07, 6.45) is 3.94. The third kappa shape index (κ3) is 4.61. The molecular formula is C12H16BrNO2S. The fraction of sp³-hybridized carbons (Fsp3) is 0.417. The Labute approximate surface area is 114 Å². The number of carbonyl (C=O) groups is 1. The van der Waals surface area contributed by atoms with E-state index in [0.717, 1.165) is 8.66 Å². The molecule has 3 nitrogen and oxygen atoms in total. The van der Waals surface area contributed by atoms with Crippen molar-refractivity contribution in [2.24, 2.45) is 0 Å². The van der Waals surface area contributed by atoms with Gasteiger partial charge in [-0.25, -0.2) is 0 Å². The fourth-order valence-electron chi connectivity index (χ4n) is 1.15. The van der Waals surface area contributed by atoms with E-state index < -0.39 is 5.54 Å². The summed E-state index contributed by atoms with van der Waals surface area (Å²) < 4.78 is 1.03. The Hall–Kier alpha value is -0.650. The minimum absolute atomic E-state index is 0.0619. The van der Waals surface area contributed by atoms with Crippen molar-refractivity contribution in [3.8, 4) is 0 Å². The summed E-state index contributed by atoms with van der Waals surface area (Å²) in [7, 11) is 0. The van der Waals surface area contributed by atoms with Gasteiger partial charge < -0.3 is 10.4 Å². The summed E-state index contributed by atoms with van der Waals surface area (Å²) >= 11 is 4.92. The molecule has 0 fully saturated rings. The van der Waals surface area contributed by atoms with Crippen LogP contribution in [0.4, 0.5) is 0 Å². The SMILES string of the molecule is CCC(C)(CO)NC(=O)/C=C/c1ccc(Br)s1. The Balaban J connectivity index is 2.58. The second-order valence-electron chi connectivity index (χ2n) is 4.04. The van der Waals surface area contributed by atoms with Gasteiger partial charge in [0.1, 0.15) is 0 Å². The molecule has 0 bridgehead atoms. The van der Waals surface area contributed by atoms with E-state index in [9.17, 15) is 9.90 Å². The Kier molecular flexibility index (Phi) is 5.36. The first-order valence-corrected chi connectivity index (χ1v) is 6.96. The smallest absolute Gasteiger partial charge is 0.244 e. The molecule has 1 aromatic rings. The molecule has 1 amide bonds. The van der Waals surface area contributed by atoms with Gasteiger partial charge in [-0.15, -0.1) is 11.3 Å². The van der Waals surface area contributed by atoms with Gasteiger partial charge >= 0.3 is 0 Å². The van der Waals surface area contributed by atoms with Crippen molar-refractivity contribution in [1.82, 2.24) is 5.32 Å². The van der Waals surface area contributed by atoms with Crippen LogP contribution in [-0.4, -0.2) is 23.2 Å². The molecular weight excluding hydrogens is 302 g/mol. The van der Waals surface area contributed by atoms with Crippen molar-refractivity contribution in [2.45, 2.75) is 25.8 Å². The van der Waals surface area contributed by atoms with Gasteiger partial charge in [-0.3, -0.25) is 4.79 Å². The molecule has 0 aliphatic rings. The molecule has 0 saturated heterocycles. The van der Waals surface area contributed by atoms with Crippen molar-refractivity contribution >= 4 is 39.2 Å². The summed E-state index contributed by atoms with van der Waals surface area (Å²) in [6.45, 7) is 3.69. The largest absolute Gasteiger partial charge is 0.394 e. The van der Waals surface area contributed by atoms with Crippen LogP contribution >= 0.6 is 27.3 Å². The zero-order valence-electron chi connectivity index (χ0n) is 9.87. The summed E-state index contributed by atoms with van der Waals surface area (Å²) in [5, 5.41) is 12.0. The lowest BCUT2D eigenvalue weighted by Crippen LogP contribution is -2.47. The summed E-state index contributed by atoms with van der Waals surface area (Å²) in [4.78, 5) is 12.6. The van der Waals surface area contributed by atoms with Crippen LogP contribution in [0, 0.1) is 0 Å². The van der Waals surface area contributed by atoms with Crippen molar-refractivity contribution in [2.75, 3.05) is 6.61 Å². The van der Waals surface area contributed by atoms with Crippen molar-refractivity contribution in [3.63, 3.8) is 0 Å². The van der Waals surface area contributed by atoms with Crippen LogP contribution in [0.5, 0.6) is 0 Å². The maximum absolute atomic E-state index is 11.6. The van der Waals surface area contributed by atoms with Gasteiger partial charge in [-0.1, -0.05) is 6.92 Å². The monoisotopic (exact) mass is 317 g/mol. The van der Waals surface area contributed by atoms with Crippen LogP contribution in [0.2, 0.25) is 0 Å². The lowest BCUT2D eigenvalue weighted by atomic mass is 10.0. The van der Waals surface area contributed by atoms with Gasteiger partial charge in [-0.05, 0) is 47.5 Å². The predicted molar refractivity (Wildman–Crippen MR) is 75.0 cm³/mol. The second kappa shape index (κ2) is 6.33. The van der Waals surface area contributed by atoms with Gasteiger partial charge in [0.05, 0.1) is 15.9 Å². The third-order valence-electron chi connectivity index (χ3n) is 2.55. The van der Waals surface area contributed by atoms with Gasteiger partial charge in [0, 0.05) is 11.0 Å². The Morgan fingerprint density at radius 1 is 1.65 bits per heavy atom. The van der Waals surface area contributed by atoms with E-state index in [1.807, 2.05) is 26.0 Å². The molecule has 0 spiro atoms. The summed E-state index contributed by atoms with van der Waals surface area (Å²) in [6, 6.07) is 3.87. The van der Waals surface area contributed by atoms with E-state index in [0.29, 0.717) is 6.42 Å². The molecule has 1 atom stereocenters. The number of hydrogen-bond acceptors (Lipinski definition) is 3. The van der Waals surface area contributed by atoms with Gasteiger partial charge in [0.25, 0.3) is 0 Å². The third-order valence-corrected chi connectivity index (χ3v) is 4.14. The molecule has 0 aliphatic carbocycles. The number of thiophene rings is 1. The number of aliphatic hydroxyl groups excluding tert-OH is 1. The van der Waals surface area contributed by atoms with E-state index in [2.05, 4.69) is 21.2 Å². The highest BCUT2D eigenvalue weighted by Gasteiger charge is 2.21. The molecule has 1 aromatic heterocycles. The predicted octanol–water partition coefficient (Wildman–Crippen LogP) is 2.80. The Morgan fingerprint density at radius 3 is 2.82 bits per heavy atom. The maximum atomic E-state index is 11.6. The average molecular weight is 318 g/mol. The molecule has 0 radical (unpaired) electrons. The van der Waals surface area contributed by atoms with Crippen LogP contribution in [0.3, 0.4) is 0 Å². The first-order chi connectivity index (χ1) is 7.99. The molecule has 1 rings (SSSR count). The van der Waals surface area contributed by atoms with Gasteiger partial charge in [0.2, 0.25) is 5.91 Å². The van der Waals surface area contributed by atoms with E-state index in [4.69, 9.17) is 0 Å². The van der Waals surface area contributed by atoms with E-state index >= 15 is 0 Å². The number of aliphatic hydroxyl groups is 1. The zero-order valence-corrected chi connectivity index (χ0v) is 12.3. The highest BCUT2D eigenvalue weighted by Crippen LogP contribution is 2.22. The maximum Gasteiger partial charge on any atom is 0.244 e. The number of halogens is 1. The zero-order chi connectivity index (χ0) is 12.9.